The molecule has 0 saturated carbocycles. The van der Waals surface area contributed by atoms with Crippen LogP contribution < -0.4 is 10.3 Å². The van der Waals surface area contributed by atoms with Gasteiger partial charge in [-0.05, 0) is 34.1 Å². The summed E-state index contributed by atoms with van der Waals surface area (Å²) in [6.45, 7) is 0.400. The molecule has 0 unspecified atom stereocenters. The molecule has 6 nitrogen and oxygen atoms in total. The maximum atomic E-state index is 11.6. The molecule has 0 fully saturated rings. The van der Waals surface area contributed by atoms with Crippen LogP contribution in [0.2, 0.25) is 5.02 Å². The van der Waals surface area contributed by atoms with E-state index in [0.717, 1.165) is 6.07 Å². The molecule has 0 bridgehead atoms. The molecule has 1 aromatic heterocycles. The van der Waals surface area contributed by atoms with Crippen molar-refractivity contribution in [3.8, 4) is 5.75 Å². The predicted molar refractivity (Wildman–Crippen MR) is 82.0 cm³/mol. The number of rotatable bonds is 5. The van der Waals surface area contributed by atoms with Crippen molar-refractivity contribution < 1.29 is 9.66 Å². The molecule has 8 heteroatoms. The van der Waals surface area contributed by atoms with Crippen molar-refractivity contribution in [2.75, 3.05) is 6.61 Å². The van der Waals surface area contributed by atoms with Gasteiger partial charge < -0.3 is 9.30 Å². The summed E-state index contributed by atoms with van der Waals surface area (Å²) < 4.78 is 7.45. The van der Waals surface area contributed by atoms with E-state index in [1.54, 1.807) is 18.2 Å². The third-order valence-electron chi connectivity index (χ3n) is 2.66. The van der Waals surface area contributed by atoms with Gasteiger partial charge in [0.2, 0.25) is 0 Å². The number of hydrogen-bond acceptors (Lipinski definition) is 4. The smallest absolute Gasteiger partial charge is 0.285 e. The molecular formula is C13H10BrClN2O4. The van der Waals surface area contributed by atoms with Crippen LogP contribution in [-0.4, -0.2) is 16.1 Å². The van der Waals surface area contributed by atoms with E-state index >= 15 is 0 Å². The van der Waals surface area contributed by atoms with Crippen LogP contribution in [-0.2, 0) is 6.54 Å². The number of benzene rings is 1. The van der Waals surface area contributed by atoms with Gasteiger partial charge in [-0.15, -0.1) is 0 Å². The van der Waals surface area contributed by atoms with Gasteiger partial charge in [0.05, 0.1) is 22.1 Å². The highest BCUT2D eigenvalue weighted by atomic mass is 79.9. The third kappa shape index (κ3) is 4.05. The summed E-state index contributed by atoms with van der Waals surface area (Å²) in [5.74, 6) is 0.581. The normalized spacial score (nSPS) is 10.4. The van der Waals surface area contributed by atoms with E-state index in [4.69, 9.17) is 16.3 Å². The molecule has 0 radical (unpaired) electrons. The zero-order chi connectivity index (χ0) is 15.4. The third-order valence-corrected chi connectivity index (χ3v) is 3.52. The average molecular weight is 374 g/mol. The second-order valence-corrected chi connectivity index (χ2v) is 5.39. The Labute approximate surface area is 133 Å². The zero-order valence-corrected chi connectivity index (χ0v) is 13.0. The van der Waals surface area contributed by atoms with Crippen molar-refractivity contribution in [2.24, 2.45) is 0 Å². The Kier molecular flexibility index (Phi) is 4.98. The van der Waals surface area contributed by atoms with Crippen LogP contribution >= 0.6 is 27.5 Å². The van der Waals surface area contributed by atoms with Crippen LogP contribution in [0.1, 0.15) is 0 Å². The van der Waals surface area contributed by atoms with Gasteiger partial charge in [-0.25, -0.2) is 0 Å². The minimum atomic E-state index is -0.549. The number of aromatic nitrogens is 1. The number of nitrogens with zero attached hydrogens (tertiary/aromatic N) is 2. The van der Waals surface area contributed by atoms with Crippen LogP contribution in [0.15, 0.2) is 45.8 Å². The molecule has 21 heavy (non-hydrogen) atoms. The van der Waals surface area contributed by atoms with Gasteiger partial charge in [0.1, 0.15) is 12.4 Å². The van der Waals surface area contributed by atoms with Gasteiger partial charge in [0.25, 0.3) is 11.2 Å². The Morgan fingerprint density at radius 3 is 2.76 bits per heavy atom. The zero-order valence-electron chi connectivity index (χ0n) is 10.7. The summed E-state index contributed by atoms with van der Waals surface area (Å²) in [6.07, 6.45) is 1.20. The summed E-state index contributed by atoms with van der Waals surface area (Å²) in [4.78, 5) is 21.7. The first-order chi connectivity index (χ1) is 9.97. The van der Waals surface area contributed by atoms with Crippen molar-refractivity contribution in [1.29, 1.82) is 0 Å². The highest BCUT2D eigenvalue weighted by Crippen LogP contribution is 2.27. The lowest BCUT2D eigenvalue weighted by Gasteiger charge is -2.09. The van der Waals surface area contributed by atoms with Crippen molar-refractivity contribution in [3.05, 3.63) is 66.5 Å². The maximum absolute atomic E-state index is 11.6. The highest BCUT2D eigenvalue weighted by molar-refractivity contribution is 9.10. The molecule has 0 spiro atoms. The Morgan fingerprint density at radius 2 is 2.10 bits per heavy atom. The molecule has 1 heterocycles. The molecule has 0 amide bonds. The Hall–Kier alpha value is -1.86. The van der Waals surface area contributed by atoms with E-state index in [2.05, 4.69) is 15.9 Å². The predicted octanol–water partition coefficient (Wildman–Crippen LogP) is 3.25. The van der Waals surface area contributed by atoms with Gasteiger partial charge in [0, 0.05) is 17.2 Å². The van der Waals surface area contributed by atoms with Crippen LogP contribution in [0, 0.1) is 10.1 Å². The SMILES string of the molecule is O=c1ccc([N+](=O)[O-])cn1CCOc1ccc(Cl)cc1Br. The van der Waals surface area contributed by atoms with Gasteiger partial charge in [0.15, 0.2) is 0 Å². The largest absolute Gasteiger partial charge is 0.491 e. The van der Waals surface area contributed by atoms with Gasteiger partial charge in [-0.1, -0.05) is 11.6 Å². The number of halogens is 2. The molecule has 0 aliphatic carbocycles. The second-order valence-electron chi connectivity index (χ2n) is 4.10. The second kappa shape index (κ2) is 6.73. The number of ether oxygens (including phenoxy) is 1. The quantitative estimate of drug-likeness (QED) is 0.595. The van der Waals surface area contributed by atoms with Crippen LogP contribution in [0.4, 0.5) is 5.69 Å². The van der Waals surface area contributed by atoms with Crippen molar-refractivity contribution in [1.82, 2.24) is 4.57 Å². The first kappa shape index (κ1) is 15.5. The number of hydrogen-bond donors (Lipinski definition) is 0. The van der Waals surface area contributed by atoms with E-state index in [9.17, 15) is 14.9 Å². The fraction of sp³-hybridized carbons (Fsp3) is 0.154. The first-order valence-corrected chi connectivity index (χ1v) is 7.07. The summed E-state index contributed by atoms with van der Waals surface area (Å²) in [6, 6.07) is 7.41. The summed E-state index contributed by atoms with van der Waals surface area (Å²) in [7, 11) is 0. The molecule has 0 N–H and O–H groups in total. The lowest BCUT2D eigenvalue weighted by Crippen LogP contribution is -2.22. The molecule has 0 atom stereocenters. The van der Waals surface area contributed by atoms with E-state index in [1.165, 1.54) is 16.8 Å². The fourth-order valence-electron chi connectivity index (χ4n) is 1.65. The lowest BCUT2D eigenvalue weighted by atomic mass is 10.3. The Balaban J connectivity index is 2.05. The van der Waals surface area contributed by atoms with Crippen LogP contribution in [0.3, 0.4) is 0 Å². The monoisotopic (exact) mass is 372 g/mol. The Morgan fingerprint density at radius 1 is 1.33 bits per heavy atom. The van der Waals surface area contributed by atoms with E-state index in [1.807, 2.05) is 0 Å². The number of pyridine rings is 1. The standard InChI is InChI=1S/C13H10BrClN2O4/c14-11-7-9(15)1-3-12(11)21-6-5-16-8-10(17(19)20)2-4-13(16)18/h1-4,7-8H,5-6H2. The lowest BCUT2D eigenvalue weighted by molar-refractivity contribution is -0.385. The molecule has 1 aromatic carbocycles. The van der Waals surface area contributed by atoms with Crippen LogP contribution in [0.25, 0.3) is 0 Å². The fourth-order valence-corrected chi connectivity index (χ4v) is 2.44. The van der Waals surface area contributed by atoms with Crippen LogP contribution in [0.5, 0.6) is 5.75 Å². The molecular weight excluding hydrogens is 364 g/mol. The topological polar surface area (TPSA) is 74.4 Å². The van der Waals surface area contributed by atoms with Crippen molar-refractivity contribution >= 4 is 33.2 Å². The Bertz CT molecular complexity index is 732. The molecule has 2 aromatic rings. The molecule has 0 aliphatic rings. The average Bonchev–Trinajstić information content (AvgIpc) is 2.43. The van der Waals surface area contributed by atoms with Gasteiger partial charge in [-0.3, -0.25) is 14.9 Å². The summed E-state index contributed by atoms with van der Waals surface area (Å²) in [5.41, 5.74) is -0.457. The minimum Gasteiger partial charge on any atom is -0.491 e. The van der Waals surface area contributed by atoms with E-state index in [-0.39, 0.29) is 24.4 Å². The highest BCUT2D eigenvalue weighted by Gasteiger charge is 2.08. The van der Waals surface area contributed by atoms with Gasteiger partial charge >= 0.3 is 0 Å². The maximum Gasteiger partial charge on any atom is 0.285 e. The minimum absolute atomic E-state index is 0.137. The van der Waals surface area contributed by atoms with Crippen molar-refractivity contribution in [3.63, 3.8) is 0 Å². The van der Waals surface area contributed by atoms with Gasteiger partial charge in [-0.2, -0.15) is 0 Å². The van der Waals surface area contributed by atoms with E-state index in [0.29, 0.717) is 15.2 Å². The summed E-state index contributed by atoms with van der Waals surface area (Å²) >= 11 is 9.13. The van der Waals surface area contributed by atoms with Crippen molar-refractivity contribution in [2.45, 2.75) is 6.54 Å². The first-order valence-electron chi connectivity index (χ1n) is 5.90. The van der Waals surface area contributed by atoms with E-state index < -0.39 is 4.92 Å². The molecule has 110 valence electrons. The number of nitro groups is 1. The summed E-state index contributed by atoms with van der Waals surface area (Å²) in [5, 5.41) is 11.2. The molecule has 0 saturated heterocycles. The molecule has 2 rings (SSSR count). The molecule has 0 aliphatic heterocycles.